The van der Waals surface area contributed by atoms with Crippen LogP contribution in [0.15, 0.2) is 104 Å². The van der Waals surface area contributed by atoms with E-state index >= 15 is 0 Å². The highest BCUT2D eigenvalue weighted by Gasteiger charge is 2.30. The van der Waals surface area contributed by atoms with E-state index in [-0.39, 0.29) is 80.3 Å². The number of nitrogens with zero attached hydrogens (tertiary/aromatic N) is 11. The van der Waals surface area contributed by atoms with E-state index in [1.54, 1.807) is 0 Å². The van der Waals surface area contributed by atoms with Crippen LogP contribution < -0.4 is 27.4 Å². The molecule has 3 atom stereocenters. The first kappa shape index (κ1) is 74.4. The highest BCUT2D eigenvalue weighted by atomic mass is 16.5. The summed E-state index contributed by atoms with van der Waals surface area (Å²) in [6.07, 6.45) is 15.3. The van der Waals surface area contributed by atoms with E-state index in [2.05, 4.69) is 82.3 Å². The second kappa shape index (κ2) is 47.8. The molecule has 0 aliphatic carbocycles. The number of primary amides is 2. The lowest BCUT2D eigenvalue weighted by atomic mass is 9.83. The monoisotopic (exact) mass is 1180 g/mol. The van der Waals surface area contributed by atoms with Crippen molar-refractivity contribution >= 4 is 46.9 Å². The van der Waals surface area contributed by atoms with Crippen molar-refractivity contribution in [1.82, 2.24) is 56.4 Å². The van der Waals surface area contributed by atoms with Crippen molar-refractivity contribution in [3.05, 3.63) is 121 Å². The quantitative estimate of drug-likeness (QED) is 0.0100. The molecule has 7 N–H and O–H groups in total. The van der Waals surface area contributed by atoms with Gasteiger partial charge in [0.05, 0.1) is 24.5 Å². The van der Waals surface area contributed by atoms with Crippen molar-refractivity contribution in [3.8, 4) is 11.4 Å². The number of carbonyl (C=O) groups is 8. The maximum atomic E-state index is 13.2. The van der Waals surface area contributed by atoms with Gasteiger partial charge in [-0.1, -0.05) is 101 Å². The van der Waals surface area contributed by atoms with Crippen molar-refractivity contribution in [1.29, 1.82) is 0 Å². The van der Waals surface area contributed by atoms with Crippen LogP contribution >= 0.6 is 0 Å². The SMILES string of the molecule is C=CC(=O)CCCCCCCC(=O)CN=[N+]=[N-].C=CC(=O)CCCOCc1nnn(-c2ccccc2)n1.C=CC(N)=O.CCC(=O)NCCCCCNC(=O)C(CC)CC(CC(CC)C(N)=O)C(=O)NCCOCc1nnn(-c2ccccc2)n1. The summed E-state index contributed by atoms with van der Waals surface area (Å²) in [6, 6.07) is 18.9. The van der Waals surface area contributed by atoms with Gasteiger partial charge in [-0.25, -0.2) is 0 Å². The highest BCUT2D eigenvalue weighted by Crippen LogP contribution is 2.25. The number of azide groups is 1. The van der Waals surface area contributed by atoms with Gasteiger partial charge in [0.2, 0.25) is 41.2 Å². The molecule has 3 unspecified atom stereocenters. The van der Waals surface area contributed by atoms with Crippen LogP contribution in [0.5, 0.6) is 0 Å². The molecule has 85 heavy (non-hydrogen) atoms. The van der Waals surface area contributed by atoms with Crippen molar-refractivity contribution in [3.63, 3.8) is 0 Å². The third-order valence-corrected chi connectivity index (χ3v) is 12.5. The normalized spacial score (nSPS) is 11.3. The number of rotatable bonds is 42. The number of nitrogens with one attached hydrogen (secondary N) is 3. The zero-order valence-corrected chi connectivity index (χ0v) is 49.7. The molecule has 0 fully saturated rings. The van der Waals surface area contributed by atoms with Crippen molar-refractivity contribution in [2.24, 2.45) is 34.3 Å². The number of carbonyl (C=O) groups excluding carboxylic acids is 8. The van der Waals surface area contributed by atoms with E-state index in [1.807, 2.05) is 81.4 Å². The Balaban J connectivity index is 0.000000704. The van der Waals surface area contributed by atoms with Crippen LogP contribution in [0.3, 0.4) is 0 Å². The average Bonchev–Trinajstić information content (AvgIpc) is 4.46. The number of ketones is 3. The van der Waals surface area contributed by atoms with Gasteiger partial charge in [-0.05, 0) is 123 Å². The van der Waals surface area contributed by atoms with E-state index in [0.29, 0.717) is 82.7 Å². The Kier molecular flexibility index (Phi) is 41.9. The molecule has 4 rings (SSSR count). The molecule has 2 heterocycles. The van der Waals surface area contributed by atoms with Crippen molar-refractivity contribution in [2.75, 3.05) is 39.4 Å². The van der Waals surface area contributed by atoms with Gasteiger partial charge >= 0.3 is 0 Å². The Bertz CT molecular complexity index is 2660. The molecule has 4 aromatic rings. The summed E-state index contributed by atoms with van der Waals surface area (Å²) in [5.74, 6) is -1.58. The zero-order valence-electron chi connectivity index (χ0n) is 49.7. The van der Waals surface area contributed by atoms with Crippen LogP contribution in [0.4, 0.5) is 0 Å². The average molecular weight is 1180 g/mol. The minimum Gasteiger partial charge on any atom is -0.373 e. The number of hydrogen-bond acceptors (Lipinski definition) is 17. The zero-order chi connectivity index (χ0) is 62.9. The number of para-hydroxylation sites is 2. The standard InChI is InChI=1S/C30H48N8O5.C14H16N4O2.C12H19N3O2.C3H5NO/c1-4-22(28(31)40)19-24(20-23(5-2)29(41)33-16-12-8-11-15-32-27(39)6-3)30(42)34-17-18-43-21-26-35-37-38(36-26)25-13-9-7-10-14-25;1-2-13(19)9-6-10-20-11-14-15-17-18(16-14)12-7-4-3-5-8-12;1-2-11(16)8-6-4-3-5-7-9-12(17)10-14-15-13;1-2-3(4)5/h7,9-10,13-14,22-24H,4-6,8,11-12,15-21H2,1-3H3,(H2,31,40)(H,32,39)(H,33,41)(H,34,42);2-5,7-8H,1,6,9-11H2;2H,1,3-10H2;2H,1H2,(H2,4,5). The van der Waals surface area contributed by atoms with Gasteiger partial charge in [-0.2, -0.15) is 0 Å². The van der Waals surface area contributed by atoms with Crippen LogP contribution in [0.2, 0.25) is 0 Å². The molecule has 0 saturated carbocycles. The molecule has 0 saturated heterocycles. The van der Waals surface area contributed by atoms with Crippen LogP contribution in [0.1, 0.15) is 142 Å². The van der Waals surface area contributed by atoms with Gasteiger partial charge in [-0.15, -0.1) is 30.0 Å². The molecule has 26 heteroatoms. The molecule has 2 aromatic carbocycles. The molecule has 0 spiro atoms. The number of hydrogen-bond donors (Lipinski definition) is 5. The number of allylic oxidation sites excluding steroid dienone is 2. The summed E-state index contributed by atoms with van der Waals surface area (Å²) in [5, 5.41) is 36.3. The minimum atomic E-state index is -0.553. The summed E-state index contributed by atoms with van der Waals surface area (Å²) in [6.45, 7) is 18.0. The van der Waals surface area contributed by atoms with E-state index in [1.165, 1.54) is 21.7 Å². The van der Waals surface area contributed by atoms with E-state index in [9.17, 15) is 38.4 Å². The number of aromatic nitrogens is 8. The molecule has 5 amide bonds. The second-order valence-electron chi connectivity index (χ2n) is 19.1. The molecule has 2 aromatic heterocycles. The Morgan fingerprint density at radius 3 is 1.55 bits per heavy atom. The van der Waals surface area contributed by atoms with Gasteiger partial charge in [0.25, 0.3) is 0 Å². The number of nitrogens with two attached hydrogens (primary N) is 2. The molecule has 0 bridgehead atoms. The van der Waals surface area contributed by atoms with Crippen LogP contribution in [0.25, 0.3) is 21.8 Å². The number of tetrazole rings is 2. The molecular formula is C59H88N16O10. The maximum absolute atomic E-state index is 13.2. The summed E-state index contributed by atoms with van der Waals surface area (Å²) in [4.78, 5) is 97.3. The predicted molar refractivity (Wildman–Crippen MR) is 321 cm³/mol. The van der Waals surface area contributed by atoms with Gasteiger partial charge < -0.3 is 36.9 Å². The summed E-state index contributed by atoms with van der Waals surface area (Å²) in [5.41, 5.74) is 19.8. The first-order valence-corrected chi connectivity index (χ1v) is 28.8. The van der Waals surface area contributed by atoms with E-state index < -0.39 is 23.7 Å². The number of Topliss-reactive ketones (excluding diaryl/α,β-unsaturated/α-hetero) is 1. The first-order chi connectivity index (χ1) is 41.0. The van der Waals surface area contributed by atoms with Crippen LogP contribution in [0, 0.1) is 17.8 Å². The van der Waals surface area contributed by atoms with E-state index in [0.717, 1.165) is 68.8 Å². The smallest absolute Gasteiger partial charge is 0.240 e. The molecule has 0 aliphatic rings. The number of amides is 5. The fraction of sp³-hybridized carbons (Fsp3) is 0.525. The summed E-state index contributed by atoms with van der Waals surface area (Å²) in [7, 11) is 0. The topological polar surface area (TPSA) is 379 Å². The van der Waals surface area contributed by atoms with Gasteiger partial charge in [0, 0.05) is 74.6 Å². The minimum absolute atomic E-state index is 0.00960. The van der Waals surface area contributed by atoms with Crippen molar-refractivity contribution < 1.29 is 47.8 Å². The predicted octanol–water partition coefficient (Wildman–Crippen LogP) is 6.77. The fourth-order valence-electron chi connectivity index (χ4n) is 7.63. The summed E-state index contributed by atoms with van der Waals surface area (Å²) < 4.78 is 11.0. The first-order valence-electron chi connectivity index (χ1n) is 28.8. The number of benzene rings is 2. The van der Waals surface area contributed by atoms with Crippen molar-refractivity contribution in [2.45, 2.75) is 143 Å². The number of unbranched alkanes of at least 4 members (excludes halogenated alkanes) is 6. The highest BCUT2D eigenvalue weighted by molar-refractivity contribution is 5.89. The third-order valence-electron chi connectivity index (χ3n) is 12.5. The lowest BCUT2D eigenvalue weighted by Crippen LogP contribution is -2.39. The maximum Gasteiger partial charge on any atom is 0.240 e. The lowest BCUT2D eigenvalue weighted by molar-refractivity contribution is -0.130. The second-order valence-corrected chi connectivity index (χ2v) is 19.1. The Hall–Kier alpha value is -8.61. The van der Waals surface area contributed by atoms with Gasteiger partial charge in [-0.3, -0.25) is 38.4 Å². The Morgan fingerprint density at radius 2 is 1.06 bits per heavy atom. The third kappa shape index (κ3) is 36.6. The molecule has 26 nitrogen and oxygen atoms in total. The Morgan fingerprint density at radius 1 is 0.600 bits per heavy atom. The lowest BCUT2D eigenvalue weighted by Gasteiger charge is -2.24. The molecule has 0 radical (unpaired) electrons. The fourth-order valence-corrected chi connectivity index (χ4v) is 7.63. The van der Waals surface area contributed by atoms with Gasteiger partial charge in [0.15, 0.2) is 11.6 Å². The van der Waals surface area contributed by atoms with Gasteiger partial charge in [0.1, 0.15) is 19.0 Å². The van der Waals surface area contributed by atoms with E-state index in [4.69, 9.17) is 20.7 Å². The Labute approximate surface area is 498 Å². The van der Waals surface area contributed by atoms with Crippen LogP contribution in [-0.2, 0) is 61.0 Å². The largest absolute Gasteiger partial charge is 0.373 e. The van der Waals surface area contributed by atoms with Crippen LogP contribution in [-0.4, -0.2) is 127 Å². The summed E-state index contributed by atoms with van der Waals surface area (Å²) >= 11 is 0. The number of ether oxygens (including phenoxy) is 2. The molecule has 0 aliphatic heterocycles. The molecular weight excluding hydrogens is 1090 g/mol. The molecule has 464 valence electrons.